The number of carbonyl (C=O) groups excluding carboxylic acids is 1. The van der Waals surface area contributed by atoms with Crippen molar-refractivity contribution in [1.29, 1.82) is 0 Å². The van der Waals surface area contributed by atoms with E-state index in [1.807, 2.05) is 6.92 Å². The van der Waals surface area contributed by atoms with Crippen LogP contribution in [0.3, 0.4) is 0 Å². The molecule has 0 aliphatic carbocycles. The van der Waals surface area contributed by atoms with Gasteiger partial charge in [0.1, 0.15) is 0 Å². The normalized spacial score (nSPS) is 27.1. The number of amides is 1. The molecule has 0 spiro atoms. The summed E-state index contributed by atoms with van der Waals surface area (Å²) in [6.45, 7) is 6.72. The third-order valence-corrected chi connectivity index (χ3v) is 5.90. The summed E-state index contributed by atoms with van der Waals surface area (Å²) in [4.78, 5) is 16.3. The molecule has 1 aromatic heterocycles. The van der Waals surface area contributed by atoms with Crippen LogP contribution >= 0.6 is 11.3 Å². The van der Waals surface area contributed by atoms with E-state index in [4.69, 9.17) is 9.47 Å². The Kier molecular flexibility index (Phi) is 6.66. The largest absolute Gasteiger partial charge is 0.380 e. The van der Waals surface area contributed by atoms with Gasteiger partial charge in [0.2, 0.25) is 5.91 Å². The van der Waals surface area contributed by atoms with Crippen LogP contribution in [0.1, 0.15) is 24.6 Å². The highest BCUT2D eigenvalue weighted by Crippen LogP contribution is 2.31. The van der Waals surface area contributed by atoms with E-state index < -0.39 is 0 Å². The molecule has 2 fully saturated rings. The number of likely N-dealkylation sites (tertiary alicyclic amines) is 1. The molecule has 3 rings (SSSR count). The van der Waals surface area contributed by atoms with Crippen molar-refractivity contribution in [3.05, 3.63) is 22.4 Å². The lowest BCUT2D eigenvalue weighted by atomic mass is 9.89. The summed E-state index contributed by atoms with van der Waals surface area (Å²) in [6.07, 6.45) is 3.03. The molecule has 0 bridgehead atoms. The van der Waals surface area contributed by atoms with E-state index >= 15 is 0 Å². The summed E-state index contributed by atoms with van der Waals surface area (Å²) < 4.78 is 11.4. The fraction of sp³-hybridized carbons (Fsp3) is 0.722. The topological polar surface area (TPSA) is 50.8 Å². The van der Waals surface area contributed by atoms with Crippen molar-refractivity contribution >= 4 is 17.2 Å². The van der Waals surface area contributed by atoms with E-state index in [-0.39, 0.29) is 17.9 Å². The smallest absolute Gasteiger partial charge is 0.224 e. The van der Waals surface area contributed by atoms with Crippen LogP contribution in [0.2, 0.25) is 0 Å². The molecule has 1 amide bonds. The fourth-order valence-electron chi connectivity index (χ4n) is 3.73. The standard InChI is InChI=1S/C18H28N2O3S/c1-2-22-10-8-20-13-14(12-17-16(20)6-9-23-17)18(21)19-7-5-15-4-3-11-24-15/h3-4,11,14,16-17H,2,5-10,12-13H2,1H3,(H,19,21)/t14-,16-,17-/m0/s1. The first-order valence-corrected chi connectivity index (χ1v) is 9.89. The van der Waals surface area contributed by atoms with Crippen LogP contribution in [0.15, 0.2) is 17.5 Å². The van der Waals surface area contributed by atoms with Crippen LogP contribution < -0.4 is 5.32 Å². The molecular weight excluding hydrogens is 324 g/mol. The quantitative estimate of drug-likeness (QED) is 0.727. The number of nitrogens with zero attached hydrogens (tertiary/aromatic N) is 1. The van der Waals surface area contributed by atoms with Gasteiger partial charge in [0.25, 0.3) is 0 Å². The maximum Gasteiger partial charge on any atom is 0.224 e. The summed E-state index contributed by atoms with van der Waals surface area (Å²) in [5, 5.41) is 5.19. The second kappa shape index (κ2) is 8.94. The van der Waals surface area contributed by atoms with Gasteiger partial charge in [0, 0.05) is 43.8 Å². The Morgan fingerprint density at radius 1 is 1.54 bits per heavy atom. The number of nitrogens with one attached hydrogen (secondary N) is 1. The van der Waals surface area contributed by atoms with Gasteiger partial charge in [0.15, 0.2) is 0 Å². The summed E-state index contributed by atoms with van der Waals surface area (Å²) >= 11 is 1.74. The highest BCUT2D eigenvalue weighted by atomic mass is 32.1. The Morgan fingerprint density at radius 3 is 3.25 bits per heavy atom. The van der Waals surface area contributed by atoms with Gasteiger partial charge in [-0.25, -0.2) is 0 Å². The lowest BCUT2D eigenvalue weighted by Gasteiger charge is -2.40. The molecule has 0 radical (unpaired) electrons. The maximum absolute atomic E-state index is 12.6. The Hall–Kier alpha value is -0.950. The van der Waals surface area contributed by atoms with Gasteiger partial charge in [-0.2, -0.15) is 0 Å². The van der Waals surface area contributed by atoms with Crippen LogP contribution in [0.5, 0.6) is 0 Å². The number of hydrogen-bond acceptors (Lipinski definition) is 5. The third-order valence-electron chi connectivity index (χ3n) is 4.96. The Balaban J connectivity index is 1.49. The van der Waals surface area contributed by atoms with E-state index in [9.17, 15) is 4.79 Å². The molecule has 5 nitrogen and oxygen atoms in total. The Morgan fingerprint density at radius 2 is 2.46 bits per heavy atom. The van der Waals surface area contributed by atoms with Crippen LogP contribution in [-0.4, -0.2) is 62.4 Å². The highest BCUT2D eigenvalue weighted by molar-refractivity contribution is 7.09. The second-order valence-electron chi connectivity index (χ2n) is 6.51. The Bertz CT molecular complexity index is 508. The molecule has 24 heavy (non-hydrogen) atoms. The molecule has 3 heterocycles. The number of rotatable bonds is 8. The Labute approximate surface area is 148 Å². The van der Waals surface area contributed by atoms with E-state index in [0.717, 1.165) is 52.2 Å². The molecule has 0 saturated carbocycles. The highest BCUT2D eigenvalue weighted by Gasteiger charge is 2.41. The van der Waals surface area contributed by atoms with Crippen LogP contribution in [0, 0.1) is 5.92 Å². The van der Waals surface area contributed by atoms with E-state index in [1.54, 1.807) is 11.3 Å². The van der Waals surface area contributed by atoms with Gasteiger partial charge < -0.3 is 14.8 Å². The summed E-state index contributed by atoms with van der Waals surface area (Å²) in [6, 6.07) is 4.63. The molecular formula is C18H28N2O3S. The second-order valence-corrected chi connectivity index (χ2v) is 7.54. The lowest BCUT2D eigenvalue weighted by Crippen LogP contribution is -2.53. The first-order chi connectivity index (χ1) is 11.8. The molecule has 1 aromatic rings. The predicted molar refractivity (Wildman–Crippen MR) is 95.4 cm³/mol. The zero-order valence-electron chi connectivity index (χ0n) is 14.4. The minimum absolute atomic E-state index is 0.0225. The van der Waals surface area contributed by atoms with Crippen molar-refractivity contribution in [3.8, 4) is 0 Å². The van der Waals surface area contributed by atoms with Gasteiger partial charge in [-0.05, 0) is 37.6 Å². The number of carbonyl (C=O) groups is 1. The van der Waals surface area contributed by atoms with Crippen LogP contribution in [-0.2, 0) is 20.7 Å². The fourth-order valence-corrected chi connectivity index (χ4v) is 4.44. The molecule has 134 valence electrons. The molecule has 6 heteroatoms. The zero-order chi connectivity index (χ0) is 16.8. The summed E-state index contributed by atoms with van der Waals surface area (Å²) in [5.74, 6) is 0.191. The molecule has 3 atom stereocenters. The van der Waals surface area contributed by atoms with Crippen LogP contribution in [0.25, 0.3) is 0 Å². The molecule has 0 unspecified atom stereocenters. The van der Waals surface area contributed by atoms with E-state index in [2.05, 4.69) is 27.7 Å². The number of hydrogen-bond donors (Lipinski definition) is 1. The minimum Gasteiger partial charge on any atom is -0.380 e. The summed E-state index contributed by atoms with van der Waals surface area (Å²) in [7, 11) is 0. The zero-order valence-corrected chi connectivity index (χ0v) is 15.2. The SMILES string of the molecule is CCOCCN1C[C@@H](C(=O)NCCc2cccs2)C[C@@H]2OCC[C@@H]21. The maximum atomic E-state index is 12.6. The molecule has 2 aliphatic heterocycles. The number of thiophene rings is 1. The van der Waals surface area contributed by atoms with Crippen molar-refractivity contribution in [3.63, 3.8) is 0 Å². The predicted octanol–water partition coefficient (Wildman–Crippen LogP) is 1.92. The molecule has 0 aromatic carbocycles. The third kappa shape index (κ3) is 4.57. The van der Waals surface area contributed by atoms with Crippen molar-refractivity contribution in [1.82, 2.24) is 10.2 Å². The van der Waals surface area contributed by atoms with Gasteiger partial charge in [-0.3, -0.25) is 9.69 Å². The summed E-state index contributed by atoms with van der Waals surface area (Å²) in [5.41, 5.74) is 0. The monoisotopic (exact) mass is 352 g/mol. The average Bonchev–Trinajstić information content (AvgIpc) is 3.26. The van der Waals surface area contributed by atoms with Crippen LogP contribution in [0.4, 0.5) is 0 Å². The molecule has 2 aliphatic rings. The van der Waals surface area contributed by atoms with Crippen molar-refractivity contribution in [2.75, 3.05) is 39.5 Å². The van der Waals surface area contributed by atoms with Gasteiger partial charge in [-0.15, -0.1) is 11.3 Å². The lowest BCUT2D eigenvalue weighted by molar-refractivity contribution is -0.129. The number of piperidine rings is 1. The van der Waals surface area contributed by atoms with Gasteiger partial charge >= 0.3 is 0 Å². The molecule has 1 N–H and O–H groups in total. The average molecular weight is 353 g/mol. The van der Waals surface area contributed by atoms with Crippen molar-refractivity contribution in [2.45, 2.75) is 38.3 Å². The van der Waals surface area contributed by atoms with Crippen molar-refractivity contribution in [2.24, 2.45) is 5.92 Å². The van der Waals surface area contributed by atoms with Gasteiger partial charge in [0.05, 0.1) is 18.6 Å². The first-order valence-electron chi connectivity index (χ1n) is 9.01. The van der Waals surface area contributed by atoms with E-state index in [0.29, 0.717) is 12.6 Å². The first kappa shape index (κ1) is 17.9. The van der Waals surface area contributed by atoms with Crippen molar-refractivity contribution < 1.29 is 14.3 Å². The van der Waals surface area contributed by atoms with Gasteiger partial charge in [-0.1, -0.05) is 6.07 Å². The number of ether oxygens (including phenoxy) is 2. The number of fused-ring (bicyclic) bond motifs is 1. The molecule has 2 saturated heterocycles. The van der Waals surface area contributed by atoms with E-state index in [1.165, 1.54) is 4.88 Å². The minimum atomic E-state index is 0.0225.